The molecule has 2 bridgehead atoms. The van der Waals surface area contributed by atoms with Crippen molar-refractivity contribution in [2.45, 2.75) is 63.8 Å². The summed E-state index contributed by atoms with van der Waals surface area (Å²) in [4.78, 5) is 24.8. The van der Waals surface area contributed by atoms with E-state index in [2.05, 4.69) is 5.32 Å². The molecule has 0 aromatic heterocycles. The number of esters is 1. The SMILES string of the molecule is CC(C)(C)OC(=O)[C@H]1N[C@@H](c2ccccc2)[C@@H]([N+](=O)[O-])[C@@H]1C12CC(C1)C2. The zero-order chi connectivity index (χ0) is 18.7. The summed E-state index contributed by atoms with van der Waals surface area (Å²) in [6, 6.07) is 7.53. The van der Waals surface area contributed by atoms with Crippen molar-refractivity contribution in [1.29, 1.82) is 0 Å². The van der Waals surface area contributed by atoms with E-state index >= 15 is 0 Å². The van der Waals surface area contributed by atoms with Crippen molar-refractivity contribution in [2.75, 3.05) is 0 Å². The minimum atomic E-state index is -0.809. The van der Waals surface area contributed by atoms with Gasteiger partial charge in [-0.25, -0.2) is 0 Å². The van der Waals surface area contributed by atoms with Crippen LogP contribution in [-0.4, -0.2) is 28.6 Å². The molecule has 4 fully saturated rings. The van der Waals surface area contributed by atoms with E-state index in [0.29, 0.717) is 5.92 Å². The van der Waals surface area contributed by atoms with E-state index in [4.69, 9.17) is 4.74 Å². The number of nitrogens with zero attached hydrogens (tertiary/aromatic N) is 1. The van der Waals surface area contributed by atoms with Gasteiger partial charge < -0.3 is 4.74 Å². The molecule has 5 rings (SSSR count). The lowest BCUT2D eigenvalue weighted by Crippen LogP contribution is -2.62. The van der Waals surface area contributed by atoms with Crippen LogP contribution in [0.5, 0.6) is 0 Å². The second-order valence-corrected chi connectivity index (χ2v) is 9.21. The molecule has 4 aliphatic rings. The van der Waals surface area contributed by atoms with Crippen LogP contribution in [0.2, 0.25) is 0 Å². The highest BCUT2D eigenvalue weighted by molar-refractivity contribution is 5.78. The zero-order valence-corrected chi connectivity index (χ0v) is 15.5. The van der Waals surface area contributed by atoms with Crippen LogP contribution in [0.4, 0.5) is 0 Å². The lowest BCUT2D eigenvalue weighted by molar-refractivity contribution is -0.540. The summed E-state index contributed by atoms with van der Waals surface area (Å²) in [6.45, 7) is 5.49. The van der Waals surface area contributed by atoms with Crippen molar-refractivity contribution in [3.8, 4) is 0 Å². The van der Waals surface area contributed by atoms with E-state index in [1.165, 1.54) is 0 Å². The van der Waals surface area contributed by atoms with E-state index in [9.17, 15) is 14.9 Å². The Morgan fingerprint density at radius 3 is 2.31 bits per heavy atom. The summed E-state index contributed by atoms with van der Waals surface area (Å²) in [6.07, 6.45) is 3.01. The van der Waals surface area contributed by atoms with Gasteiger partial charge in [-0.3, -0.25) is 20.2 Å². The molecular weight excluding hydrogens is 332 g/mol. The average Bonchev–Trinajstić information content (AvgIpc) is 2.84. The first kappa shape index (κ1) is 17.5. The number of nitrogens with one attached hydrogen (secondary N) is 1. The summed E-state index contributed by atoms with van der Waals surface area (Å²) >= 11 is 0. The Labute approximate surface area is 153 Å². The number of ether oxygens (including phenoxy) is 1. The van der Waals surface area contributed by atoms with E-state index in [0.717, 1.165) is 24.8 Å². The highest BCUT2D eigenvalue weighted by Gasteiger charge is 2.70. The van der Waals surface area contributed by atoms with Crippen LogP contribution >= 0.6 is 0 Å². The number of carbonyl (C=O) groups is 1. The number of nitro groups is 1. The molecule has 3 aliphatic carbocycles. The lowest BCUT2D eigenvalue weighted by Gasteiger charge is -2.65. The molecule has 0 radical (unpaired) electrons. The topological polar surface area (TPSA) is 81.5 Å². The summed E-state index contributed by atoms with van der Waals surface area (Å²) in [5.74, 6) is 0.0116. The molecular formula is C20H26N2O4. The molecule has 1 aromatic rings. The van der Waals surface area contributed by atoms with E-state index in [1.807, 2.05) is 51.1 Å². The number of hydrogen-bond acceptors (Lipinski definition) is 5. The van der Waals surface area contributed by atoms with Gasteiger partial charge in [0.05, 0.1) is 5.92 Å². The second kappa shape index (κ2) is 5.78. The van der Waals surface area contributed by atoms with Crippen molar-refractivity contribution in [3.63, 3.8) is 0 Å². The first-order chi connectivity index (χ1) is 12.2. The molecule has 1 aliphatic heterocycles. The molecule has 1 aromatic carbocycles. The van der Waals surface area contributed by atoms with Crippen LogP contribution < -0.4 is 5.32 Å². The summed E-state index contributed by atoms with van der Waals surface area (Å²) in [5.41, 5.74) is 0.176. The normalized spacial score (nSPS) is 38.2. The smallest absolute Gasteiger partial charge is 0.324 e. The fourth-order valence-corrected chi connectivity index (χ4v) is 5.26. The predicted molar refractivity (Wildman–Crippen MR) is 96.0 cm³/mol. The van der Waals surface area contributed by atoms with Gasteiger partial charge >= 0.3 is 5.97 Å². The molecule has 0 amide bonds. The van der Waals surface area contributed by atoms with Gasteiger partial charge in [0.15, 0.2) is 0 Å². The number of carbonyl (C=O) groups excluding carboxylic acids is 1. The van der Waals surface area contributed by atoms with Crippen LogP contribution in [0.1, 0.15) is 51.6 Å². The van der Waals surface area contributed by atoms with Gasteiger partial charge in [-0.1, -0.05) is 30.3 Å². The predicted octanol–water partition coefficient (Wildman–Crippen LogP) is 3.10. The van der Waals surface area contributed by atoms with Gasteiger partial charge in [0.1, 0.15) is 17.7 Å². The first-order valence-electron chi connectivity index (χ1n) is 9.38. The molecule has 0 unspecified atom stereocenters. The molecule has 140 valence electrons. The lowest BCUT2D eigenvalue weighted by atomic mass is 9.39. The zero-order valence-electron chi connectivity index (χ0n) is 15.5. The van der Waals surface area contributed by atoms with Crippen LogP contribution in [0, 0.1) is 27.4 Å². The van der Waals surface area contributed by atoms with Crippen molar-refractivity contribution < 1.29 is 14.5 Å². The molecule has 3 saturated carbocycles. The monoisotopic (exact) mass is 358 g/mol. The minimum absolute atomic E-state index is 0.0689. The number of hydrogen-bond donors (Lipinski definition) is 1. The van der Waals surface area contributed by atoms with Gasteiger partial charge in [0, 0.05) is 4.92 Å². The highest BCUT2D eigenvalue weighted by atomic mass is 16.6. The van der Waals surface area contributed by atoms with Crippen LogP contribution in [0.25, 0.3) is 0 Å². The Morgan fingerprint density at radius 1 is 1.23 bits per heavy atom. The third-order valence-corrected chi connectivity index (χ3v) is 6.28. The number of rotatable bonds is 4. The van der Waals surface area contributed by atoms with Gasteiger partial charge in [0.25, 0.3) is 0 Å². The van der Waals surface area contributed by atoms with E-state index in [1.54, 1.807) is 0 Å². The second-order valence-electron chi connectivity index (χ2n) is 9.21. The van der Waals surface area contributed by atoms with E-state index < -0.39 is 23.7 Å². The molecule has 1 heterocycles. The maximum absolute atomic E-state index is 12.9. The third-order valence-electron chi connectivity index (χ3n) is 6.28. The standard InChI is InChI=1S/C20H26N2O4/c1-19(2,3)26-18(23)16-14(20-9-12(10-20)11-20)17(22(24)25)15(21-16)13-7-5-4-6-8-13/h4-8,12,14-17,21H,9-11H2,1-3H3/t12?,14-,15+,16+,17+,20?/m1/s1. The fraction of sp³-hybridized carbons (Fsp3) is 0.650. The third kappa shape index (κ3) is 2.71. The van der Waals surface area contributed by atoms with Crippen LogP contribution in [-0.2, 0) is 9.53 Å². The molecule has 26 heavy (non-hydrogen) atoms. The summed E-state index contributed by atoms with van der Waals surface area (Å²) in [5, 5.41) is 15.4. The van der Waals surface area contributed by atoms with Gasteiger partial charge in [-0.15, -0.1) is 0 Å². The first-order valence-corrected chi connectivity index (χ1v) is 9.38. The molecule has 0 spiro atoms. The molecule has 1 saturated heterocycles. The van der Waals surface area contributed by atoms with Crippen molar-refractivity contribution in [3.05, 3.63) is 46.0 Å². The maximum Gasteiger partial charge on any atom is 0.324 e. The molecule has 6 nitrogen and oxygen atoms in total. The van der Waals surface area contributed by atoms with E-state index in [-0.39, 0.29) is 22.2 Å². The Hall–Kier alpha value is -1.95. The number of benzene rings is 1. The van der Waals surface area contributed by atoms with Gasteiger partial charge in [0.2, 0.25) is 6.04 Å². The Morgan fingerprint density at radius 2 is 1.85 bits per heavy atom. The largest absolute Gasteiger partial charge is 0.459 e. The average molecular weight is 358 g/mol. The van der Waals surface area contributed by atoms with Gasteiger partial charge in [-0.05, 0) is 56.9 Å². The quantitative estimate of drug-likeness (QED) is 0.508. The molecule has 4 atom stereocenters. The Kier molecular flexibility index (Phi) is 3.88. The van der Waals surface area contributed by atoms with Crippen LogP contribution in [0.3, 0.4) is 0 Å². The summed E-state index contributed by atoms with van der Waals surface area (Å²) in [7, 11) is 0. The Bertz CT molecular complexity index is 710. The van der Waals surface area contributed by atoms with Crippen molar-refractivity contribution in [1.82, 2.24) is 5.32 Å². The van der Waals surface area contributed by atoms with Crippen molar-refractivity contribution >= 4 is 5.97 Å². The fourth-order valence-electron chi connectivity index (χ4n) is 5.26. The van der Waals surface area contributed by atoms with Crippen molar-refractivity contribution in [2.24, 2.45) is 17.3 Å². The molecule has 6 heteroatoms. The Balaban J connectivity index is 1.70. The molecule has 1 N–H and O–H groups in total. The maximum atomic E-state index is 12.9. The highest BCUT2D eigenvalue weighted by Crippen LogP contribution is 2.70. The van der Waals surface area contributed by atoms with Crippen LogP contribution in [0.15, 0.2) is 30.3 Å². The minimum Gasteiger partial charge on any atom is -0.459 e. The van der Waals surface area contributed by atoms with Gasteiger partial charge in [-0.2, -0.15) is 0 Å². The summed E-state index contributed by atoms with van der Waals surface area (Å²) < 4.78 is 5.62.